The zero-order valence-corrected chi connectivity index (χ0v) is 16.2. The first-order valence-corrected chi connectivity index (χ1v) is 8.88. The van der Waals surface area contributed by atoms with Crippen LogP contribution in [0.2, 0.25) is 10.0 Å². The van der Waals surface area contributed by atoms with Gasteiger partial charge in [-0.1, -0.05) is 23.2 Å². The monoisotopic (exact) mass is 419 g/mol. The van der Waals surface area contributed by atoms with Crippen LogP contribution in [-0.2, 0) is 11.3 Å². The number of amides is 1. The van der Waals surface area contributed by atoms with Crippen molar-refractivity contribution in [1.82, 2.24) is 0 Å². The van der Waals surface area contributed by atoms with Crippen molar-refractivity contribution < 1.29 is 23.5 Å². The first-order valence-electron chi connectivity index (χ1n) is 8.12. The van der Waals surface area contributed by atoms with E-state index in [4.69, 9.17) is 32.4 Å². The lowest BCUT2D eigenvalue weighted by atomic mass is 10.2. The van der Waals surface area contributed by atoms with Crippen molar-refractivity contribution in [2.45, 2.75) is 6.61 Å². The van der Waals surface area contributed by atoms with E-state index in [1.807, 2.05) is 0 Å². The summed E-state index contributed by atoms with van der Waals surface area (Å²) in [5, 5.41) is 3.41. The van der Waals surface area contributed by atoms with Gasteiger partial charge in [0.15, 0.2) is 5.76 Å². The van der Waals surface area contributed by atoms with Crippen LogP contribution in [0.1, 0.15) is 26.7 Å². The van der Waals surface area contributed by atoms with E-state index in [0.717, 1.165) is 0 Å². The summed E-state index contributed by atoms with van der Waals surface area (Å²) in [4.78, 5) is 23.7. The number of hydrogen-bond acceptors (Lipinski definition) is 5. The Morgan fingerprint density at radius 1 is 1.00 bits per heavy atom. The Morgan fingerprint density at radius 3 is 2.43 bits per heavy atom. The number of methoxy groups -OCH3 is 1. The number of carbonyl (C=O) groups is 2. The van der Waals surface area contributed by atoms with Gasteiger partial charge in [0.2, 0.25) is 0 Å². The number of carbonyl (C=O) groups excluding carboxylic acids is 2. The lowest BCUT2D eigenvalue weighted by Crippen LogP contribution is -2.10. The van der Waals surface area contributed by atoms with E-state index in [1.165, 1.54) is 7.11 Å². The molecule has 0 bridgehead atoms. The quantitative estimate of drug-likeness (QED) is 0.555. The van der Waals surface area contributed by atoms with Gasteiger partial charge in [0.1, 0.15) is 18.1 Å². The molecule has 0 aliphatic rings. The fourth-order valence-corrected chi connectivity index (χ4v) is 2.60. The number of halogens is 2. The van der Waals surface area contributed by atoms with Crippen molar-refractivity contribution in [3.05, 3.63) is 81.7 Å². The van der Waals surface area contributed by atoms with Gasteiger partial charge in [0, 0.05) is 5.69 Å². The van der Waals surface area contributed by atoms with Gasteiger partial charge in [-0.15, -0.1) is 0 Å². The van der Waals surface area contributed by atoms with Crippen LogP contribution >= 0.6 is 23.2 Å². The van der Waals surface area contributed by atoms with Gasteiger partial charge in [0.25, 0.3) is 5.91 Å². The summed E-state index contributed by atoms with van der Waals surface area (Å²) in [7, 11) is 1.32. The number of ether oxygens (including phenoxy) is 2. The van der Waals surface area contributed by atoms with Crippen LogP contribution in [0.3, 0.4) is 0 Å². The van der Waals surface area contributed by atoms with Crippen LogP contribution in [0, 0.1) is 0 Å². The van der Waals surface area contributed by atoms with Crippen molar-refractivity contribution in [2.75, 3.05) is 12.4 Å². The molecule has 1 aromatic heterocycles. The van der Waals surface area contributed by atoms with E-state index in [9.17, 15) is 9.59 Å². The normalized spacial score (nSPS) is 10.4. The van der Waals surface area contributed by atoms with Crippen molar-refractivity contribution in [3.8, 4) is 5.75 Å². The topological polar surface area (TPSA) is 77.8 Å². The third-order valence-corrected chi connectivity index (χ3v) is 4.46. The molecular formula is C20H15Cl2NO5. The van der Waals surface area contributed by atoms with Gasteiger partial charge in [-0.2, -0.15) is 0 Å². The largest absolute Gasteiger partial charge is 0.486 e. The van der Waals surface area contributed by atoms with E-state index in [-0.39, 0.29) is 12.4 Å². The zero-order chi connectivity index (χ0) is 20.1. The van der Waals surface area contributed by atoms with Crippen LogP contribution in [0.15, 0.2) is 59.0 Å². The Balaban J connectivity index is 1.58. The molecule has 1 amide bonds. The molecule has 0 saturated heterocycles. The molecule has 0 spiro atoms. The highest BCUT2D eigenvalue weighted by Crippen LogP contribution is 2.25. The molecule has 0 atom stereocenters. The van der Waals surface area contributed by atoms with Gasteiger partial charge in [0.05, 0.1) is 22.7 Å². The van der Waals surface area contributed by atoms with Gasteiger partial charge in [-0.05, 0) is 54.6 Å². The van der Waals surface area contributed by atoms with Crippen LogP contribution in [0.25, 0.3) is 0 Å². The third kappa shape index (κ3) is 4.85. The molecule has 0 fully saturated rings. The predicted octanol–water partition coefficient (Wildman–Crippen LogP) is 5.20. The molecule has 3 rings (SSSR count). The van der Waals surface area contributed by atoms with Gasteiger partial charge in [-0.3, -0.25) is 4.79 Å². The lowest BCUT2D eigenvalue weighted by molar-refractivity contribution is 0.0600. The number of esters is 1. The highest BCUT2D eigenvalue weighted by atomic mass is 35.5. The molecule has 1 N–H and O–H groups in total. The Labute approximate surface area is 171 Å². The van der Waals surface area contributed by atoms with Crippen molar-refractivity contribution in [1.29, 1.82) is 0 Å². The predicted molar refractivity (Wildman–Crippen MR) is 105 cm³/mol. The second-order valence-electron chi connectivity index (χ2n) is 5.65. The molecule has 0 radical (unpaired) electrons. The Hall–Kier alpha value is -2.96. The van der Waals surface area contributed by atoms with E-state index in [1.54, 1.807) is 54.6 Å². The molecule has 2 aromatic carbocycles. The summed E-state index contributed by atoms with van der Waals surface area (Å²) in [5.41, 5.74) is 0.924. The van der Waals surface area contributed by atoms with E-state index < -0.39 is 11.9 Å². The molecule has 0 unspecified atom stereocenters. The summed E-state index contributed by atoms with van der Waals surface area (Å²) < 4.78 is 15.7. The highest BCUT2D eigenvalue weighted by molar-refractivity contribution is 6.42. The molecular weight excluding hydrogens is 405 g/mol. The minimum atomic E-state index is -0.424. The number of furan rings is 1. The minimum absolute atomic E-state index is 0.123. The summed E-state index contributed by atoms with van der Waals surface area (Å²) in [6.07, 6.45) is 0. The second kappa shape index (κ2) is 8.82. The SMILES string of the molecule is COC(=O)c1ccc(OCc2ccc(C(=O)Nc3ccc(Cl)c(Cl)c3)o2)cc1. The fraction of sp³-hybridized carbons (Fsp3) is 0.100. The lowest BCUT2D eigenvalue weighted by Gasteiger charge is -2.06. The summed E-state index contributed by atoms with van der Waals surface area (Å²) in [6.45, 7) is 0.123. The van der Waals surface area contributed by atoms with Crippen LogP contribution in [0.4, 0.5) is 5.69 Å². The number of hydrogen-bond donors (Lipinski definition) is 1. The van der Waals surface area contributed by atoms with Crippen molar-refractivity contribution in [3.63, 3.8) is 0 Å². The maximum absolute atomic E-state index is 12.3. The Bertz CT molecular complexity index is 998. The van der Waals surface area contributed by atoms with Crippen LogP contribution < -0.4 is 10.1 Å². The first kappa shape index (κ1) is 19.8. The molecule has 1 heterocycles. The zero-order valence-electron chi connectivity index (χ0n) is 14.7. The van der Waals surface area contributed by atoms with Crippen LogP contribution in [0.5, 0.6) is 5.75 Å². The maximum atomic E-state index is 12.3. The first-order chi connectivity index (χ1) is 13.5. The van der Waals surface area contributed by atoms with Gasteiger partial charge < -0.3 is 19.2 Å². The number of rotatable bonds is 6. The molecule has 0 saturated carbocycles. The van der Waals surface area contributed by atoms with E-state index in [0.29, 0.717) is 32.8 Å². The summed E-state index contributed by atoms with van der Waals surface area (Å²) in [5.74, 6) is 0.301. The Morgan fingerprint density at radius 2 is 1.75 bits per heavy atom. The van der Waals surface area contributed by atoms with Crippen LogP contribution in [-0.4, -0.2) is 19.0 Å². The number of benzene rings is 2. The Kier molecular flexibility index (Phi) is 6.23. The fourth-order valence-electron chi connectivity index (χ4n) is 2.30. The smallest absolute Gasteiger partial charge is 0.337 e. The van der Waals surface area contributed by atoms with E-state index in [2.05, 4.69) is 10.1 Å². The molecule has 144 valence electrons. The molecule has 3 aromatic rings. The third-order valence-electron chi connectivity index (χ3n) is 3.72. The average molecular weight is 420 g/mol. The summed E-state index contributed by atoms with van der Waals surface area (Å²) in [6, 6.07) is 14.5. The van der Waals surface area contributed by atoms with Crippen molar-refractivity contribution >= 4 is 40.8 Å². The van der Waals surface area contributed by atoms with Gasteiger partial charge >= 0.3 is 5.97 Å². The number of anilines is 1. The molecule has 6 nitrogen and oxygen atoms in total. The minimum Gasteiger partial charge on any atom is -0.486 e. The molecule has 8 heteroatoms. The molecule has 0 aliphatic carbocycles. The highest BCUT2D eigenvalue weighted by Gasteiger charge is 2.13. The van der Waals surface area contributed by atoms with Crippen molar-refractivity contribution in [2.24, 2.45) is 0 Å². The molecule has 0 aliphatic heterocycles. The van der Waals surface area contributed by atoms with E-state index >= 15 is 0 Å². The second-order valence-corrected chi connectivity index (χ2v) is 6.47. The standard InChI is InChI=1S/C20H15Cl2NO5/c1-26-20(25)12-2-5-14(6-3-12)27-11-15-7-9-18(28-15)19(24)23-13-4-8-16(21)17(22)10-13/h2-10H,11H2,1H3,(H,23,24). The maximum Gasteiger partial charge on any atom is 0.337 e. The van der Waals surface area contributed by atoms with Gasteiger partial charge in [-0.25, -0.2) is 4.79 Å². The summed E-state index contributed by atoms with van der Waals surface area (Å²) >= 11 is 11.8. The average Bonchev–Trinajstić information content (AvgIpc) is 3.18. The molecule has 28 heavy (non-hydrogen) atoms. The number of nitrogens with one attached hydrogen (secondary N) is 1.